The van der Waals surface area contributed by atoms with Gasteiger partial charge < -0.3 is 30.3 Å². The highest BCUT2D eigenvalue weighted by Gasteiger charge is 2.54. The molecule has 2 fully saturated rings. The van der Waals surface area contributed by atoms with Crippen molar-refractivity contribution in [1.82, 2.24) is 10.3 Å². The Morgan fingerprint density at radius 1 is 1.12 bits per heavy atom. The summed E-state index contributed by atoms with van der Waals surface area (Å²) >= 11 is 6.27. The number of aliphatic carboxylic acids is 2. The van der Waals surface area contributed by atoms with Crippen LogP contribution in [0.1, 0.15) is 93.5 Å². The number of carboxylic acids is 2. The highest BCUT2D eigenvalue weighted by Crippen LogP contribution is 2.57. The van der Waals surface area contributed by atoms with Crippen LogP contribution in [0.5, 0.6) is 11.5 Å². The van der Waals surface area contributed by atoms with Crippen LogP contribution in [-0.4, -0.2) is 58.0 Å². The number of hydrogen-bond donors (Lipinski definition) is 4. The van der Waals surface area contributed by atoms with Crippen LogP contribution in [0.15, 0.2) is 54.7 Å². The first kappa shape index (κ1) is 34.6. The number of halogens is 1. The molecule has 4 N–H and O–H groups in total. The van der Waals surface area contributed by atoms with Crippen molar-refractivity contribution in [1.29, 1.82) is 0 Å². The smallest absolute Gasteiger partial charge is 0.329 e. The number of carbonyl (C=O) groups is 2. The zero-order valence-electron chi connectivity index (χ0n) is 28.9. The first-order chi connectivity index (χ1) is 24.0. The molecule has 0 amide bonds. The molecule has 50 heavy (non-hydrogen) atoms. The summed E-state index contributed by atoms with van der Waals surface area (Å²) in [5.74, 6) is 1.01. The molecule has 0 unspecified atom stereocenters. The van der Waals surface area contributed by atoms with Crippen LogP contribution in [0.4, 0.5) is 5.69 Å². The van der Waals surface area contributed by atoms with Crippen molar-refractivity contribution in [2.24, 2.45) is 11.8 Å². The number of carboxylic acid groups (broad SMARTS) is 2. The Labute approximate surface area is 299 Å². The molecule has 4 aliphatic rings. The molecule has 1 spiro atoms. The Morgan fingerprint density at radius 3 is 2.68 bits per heavy atom. The molecule has 2 aromatic carbocycles. The van der Waals surface area contributed by atoms with E-state index in [2.05, 4.69) is 41.6 Å². The van der Waals surface area contributed by atoms with Gasteiger partial charge in [0.1, 0.15) is 29.2 Å². The molecule has 1 saturated heterocycles. The van der Waals surface area contributed by atoms with Gasteiger partial charge in [0.25, 0.3) is 0 Å². The average Bonchev–Trinajstić information content (AvgIpc) is 3.68. The van der Waals surface area contributed by atoms with Crippen molar-refractivity contribution in [2.45, 2.75) is 107 Å². The number of nitrogens with one attached hydrogen (secondary N) is 2. The highest BCUT2D eigenvalue weighted by molar-refractivity contribution is 6.30. The highest BCUT2D eigenvalue weighted by atomic mass is 35.5. The molecule has 0 radical (unpaired) electrons. The van der Waals surface area contributed by atoms with E-state index in [4.69, 9.17) is 21.1 Å². The molecular weight excluding hydrogens is 654 g/mol. The van der Waals surface area contributed by atoms with Crippen molar-refractivity contribution >= 4 is 29.2 Å². The number of pyridine rings is 1. The minimum atomic E-state index is -1.11. The fourth-order valence-corrected chi connectivity index (χ4v) is 9.51. The first-order valence-electron chi connectivity index (χ1n) is 18.2. The monoisotopic (exact) mass is 701 g/mol. The van der Waals surface area contributed by atoms with Gasteiger partial charge in [0, 0.05) is 41.1 Å². The van der Waals surface area contributed by atoms with E-state index in [0.717, 1.165) is 43.6 Å². The summed E-state index contributed by atoms with van der Waals surface area (Å²) in [6.45, 7) is 5.62. The lowest BCUT2D eigenvalue weighted by molar-refractivity contribution is -0.144. The average molecular weight is 702 g/mol. The van der Waals surface area contributed by atoms with Gasteiger partial charge in [-0.2, -0.15) is 0 Å². The molecule has 1 aliphatic heterocycles. The maximum atomic E-state index is 13.0. The summed E-state index contributed by atoms with van der Waals surface area (Å²) in [7, 11) is 0. The van der Waals surface area contributed by atoms with Crippen molar-refractivity contribution in [3.63, 3.8) is 0 Å². The molecule has 9 nitrogen and oxygen atoms in total. The van der Waals surface area contributed by atoms with Crippen LogP contribution in [0.3, 0.4) is 0 Å². The molecular formula is C40H48ClN3O6. The van der Waals surface area contributed by atoms with E-state index in [9.17, 15) is 19.8 Å². The zero-order chi connectivity index (χ0) is 35.0. The maximum Gasteiger partial charge on any atom is 0.329 e. The Bertz CT molecular complexity index is 1740. The predicted octanol–water partition coefficient (Wildman–Crippen LogP) is 7.39. The van der Waals surface area contributed by atoms with Gasteiger partial charge in [-0.05, 0) is 128 Å². The molecule has 7 rings (SSSR count). The van der Waals surface area contributed by atoms with E-state index in [0.29, 0.717) is 67.8 Å². The standard InChI is InChI=1S/C40H48ClN3O6/c1-24(23-49-35-11-16-42-33-8-3-5-25(2)36(33)35)17-27-18-26-9-10-30(50-31-21-34(37(45)46)43-22-31)20-32(26)39(27)12-14-40(15-13-39,38(47)48)44-29-7-4-6-28(41)19-29/h4,6-7,9-11,16,19-20,24-25,27,31,34,43-44H,3,5,8,12-15,17-18,21-23H2,1-2H3,(H,45,46)(H,47,48)/t24-,25-,27+,31+,34-,39?,40?/m1/s1. The Hall–Kier alpha value is -3.82. The second-order valence-electron chi connectivity index (χ2n) is 15.3. The number of hydrogen-bond acceptors (Lipinski definition) is 7. The molecule has 3 aliphatic carbocycles. The van der Waals surface area contributed by atoms with Gasteiger partial charge in [-0.25, -0.2) is 4.79 Å². The molecule has 2 heterocycles. The lowest BCUT2D eigenvalue weighted by atomic mass is 9.59. The minimum absolute atomic E-state index is 0.222. The lowest BCUT2D eigenvalue weighted by Crippen LogP contribution is -2.53. The van der Waals surface area contributed by atoms with E-state index in [1.54, 1.807) is 12.1 Å². The third-order valence-corrected chi connectivity index (χ3v) is 12.2. The minimum Gasteiger partial charge on any atom is -0.493 e. The van der Waals surface area contributed by atoms with E-state index in [1.165, 1.54) is 22.4 Å². The van der Waals surface area contributed by atoms with Gasteiger partial charge in [-0.15, -0.1) is 0 Å². The number of ether oxygens (including phenoxy) is 2. The van der Waals surface area contributed by atoms with Crippen LogP contribution >= 0.6 is 11.6 Å². The molecule has 5 atom stereocenters. The maximum absolute atomic E-state index is 13.0. The summed E-state index contributed by atoms with van der Waals surface area (Å²) in [5.41, 5.74) is 4.33. The quantitative estimate of drug-likeness (QED) is 0.162. The van der Waals surface area contributed by atoms with E-state index in [1.807, 2.05) is 30.5 Å². The summed E-state index contributed by atoms with van der Waals surface area (Å²) < 4.78 is 12.9. The van der Waals surface area contributed by atoms with Gasteiger partial charge in [0.15, 0.2) is 0 Å². The van der Waals surface area contributed by atoms with Crippen LogP contribution < -0.4 is 20.1 Å². The Kier molecular flexibility index (Phi) is 9.74. The van der Waals surface area contributed by atoms with E-state index < -0.39 is 23.5 Å². The first-order valence-corrected chi connectivity index (χ1v) is 18.6. The van der Waals surface area contributed by atoms with Crippen molar-refractivity contribution in [2.75, 3.05) is 18.5 Å². The molecule has 3 aromatic rings. The fraction of sp³-hybridized carbons (Fsp3) is 0.525. The third-order valence-electron chi connectivity index (χ3n) is 12.0. The summed E-state index contributed by atoms with van der Waals surface area (Å²) in [5, 5.41) is 27.1. The SMILES string of the molecule is C[C@@H](COc1ccnc2c1[C@H](C)CCC2)C[C@H]1Cc2ccc(O[C@@H]3CN[C@@H](C(=O)O)C3)cc2C12CCC(Nc1cccc(Cl)c1)(C(=O)O)CC2. The Morgan fingerprint density at radius 2 is 1.94 bits per heavy atom. The number of anilines is 1. The summed E-state index contributed by atoms with van der Waals surface area (Å²) in [6.07, 6.45) is 9.59. The second kappa shape index (κ2) is 14.1. The van der Waals surface area contributed by atoms with Gasteiger partial charge in [-0.3, -0.25) is 9.78 Å². The molecule has 0 bridgehead atoms. The Balaban J connectivity index is 1.13. The summed E-state index contributed by atoms with van der Waals surface area (Å²) in [6, 6.07) is 15.0. The molecule has 10 heteroatoms. The van der Waals surface area contributed by atoms with Crippen molar-refractivity contribution < 1.29 is 29.3 Å². The van der Waals surface area contributed by atoms with Crippen LogP contribution in [0.25, 0.3) is 0 Å². The largest absolute Gasteiger partial charge is 0.493 e. The van der Waals surface area contributed by atoms with Gasteiger partial charge in [-0.1, -0.05) is 37.6 Å². The fourth-order valence-electron chi connectivity index (χ4n) is 9.32. The number of benzene rings is 2. The predicted molar refractivity (Wildman–Crippen MR) is 193 cm³/mol. The van der Waals surface area contributed by atoms with Crippen molar-refractivity contribution in [3.8, 4) is 11.5 Å². The van der Waals surface area contributed by atoms with Crippen LogP contribution in [0, 0.1) is 11.8 Å². The van der Waals surface area contributed by atoms with E-state index >= 15 is 0 Å². The third kappa shape index (κ3) is 6.79. The molecule has 1 saturated carbocycles. The van der Waals surface area contributed by atoms with Crippen LogP contribution in [-0.2, 0) is 27.8 Å². The number of aryl methyl sites for hydroxylation is 1. The second-order valence-corrected chi connectivity index (χ2v) is 15.7. The van der Waals surface area contributed by atoms with E-state index in [-0.39, 0.29) is 17.4 Å². The number of fused-ring (bicyclic) bond motifs is 3. The van der Waals surface area contributed by atoms with Gasteiger partial charge >= 0.3 is 11.9 Å². The zero-order valence-corrected chi connectivity index (χ0v) is 29.7. The van der Waals surface area contributed by atoms with Gasteiger partial charge in [0.2, 0.25) is 0 Å². The normalized spacial score (nSPS) is 29.2. The topological polar surface area (TPSA) is 130 Å². The lowest BCUT2D eigenvalue weighted by Gasteiger charge is -2.47. The van der Waals surface area contributed by atoms with Gasteiger partial charge in [0.05, 0.1) is 6.61 Å². The number of aromatic nitrogens is 1. The number of nitrogens with zero attached hydrogens (tertiary/aromatic N) is 1. The van der Waals surface area contributed by atoms with Crippen LogP contribution in [0.2, 0.25) is 5.02 Å². The molecule has 266 valence electrons. The summed E-state index contributed by atoms with van der Waals surface area (Å²) in [4.78, 5) is 29.1. The van der Waals surface area contributed by atoms with Crippen molar-refractivity contribution in [3.05, 3.63) is 82.1 Å². The molecule has 1 aromatic heterocycles. The number of rotatable bonds is 11.